The smallest absolute Gasteiger partial charge is 0.328 e. The second kappa shape index (κ2) is 2.83. The van der Waals surface area contributed by atoms with Crippen molar-refractivity contribution in [2.75, 3.05) is 6.54 Å². The summed E-state index contributed by atoms with van der Waals surface area (Å²) in [5, 5.41) is 20.8. The molecule has 2 N–H and O–H groups in total. The van der Waals surface area contributed by atoms with Crippen LogP contribution in [-0.2, 0) is 4.79 Å². The summed E-state index contributed by atoms with van der Waals surface area (Å²) in [6.45, 7) is 0.0144. The van der Waals surface area contributed by atoms with Crippen molar-refractivity contribution in [2.24, 2.45) is 5.29 Å². The molecule has 0 spiro atoms. The van der Waals surface area contributed by atoms with E-state index in [1.54, 1.807) is 0 Å². The Morgan fingerprint density at radius 2 is 2.27 bits per heavy atom. The second-order valence-electron chi connectivity index (χ2n) is 2.45. The third-order valence-corrected chi connectivity index (χ3v) is 1.64. The monoisotopic (exact) mass is 160 g/mol. The molecule has 0 unspecified atom stereocenters. The van der Waals surface area contributed by atoms with Gasteiger partial charge in [-0.1, -0.05) is 0 Å². The summed E-state index contributed by atoms with van der Waals surface area (Å²) in [6, 6.07) is -0.956. The van der Waals surface area contributed by atoms with Crippen molar-refractivity contribution in [3.63, 3.8) is 0 Å². The summed E-state index contributed by atoms with van der Waals surface area (Å²) in [4.78, 5) is 20.3. The number of nitrogens with zero attached hydrogens (tertiary/aromatic N) is 2. The molecule has 0 aromatic carbocycles. The van der Waals surface area contributed by atoms with Crippen LogP contribution in [0.5, 0.6) is 0 Å². The average molecular weight is 160 g/mol. The van der Waals surface area contributed by atoms with E-state index in [1.165, 1.54) is 0 Å². The lowest BCUT2D eigenvalue weighted by Gasteiger charge is -2.11. The average Bonchev–Trinajstić information content (AvgIpc) is 2.30. The number of carboxylic acid groups (broad SMARTS) is 1. The highest BCUT2D eigenvalue weighted by molar-refractivity contribution is 5.73. The van der Waals surface area contributed by atoms with E-state index in [4.69, 9.17) is 10.2 Å². The third-order valence-electron chi connectivity index (χ3n) is 1.64. The van der Waals surface area contributed by atoms with Crippen LogP contribution in [0.3, 0.4) is 0 Å². The van der Waals surface area contributed by atoms with E-state index < -0.39 is 18.1 Å². The van der Waals surface area contributed by atoms with Crippen LogP contribution in [0.4, 0.5) is 0 Å². The molecule has 1 aliphatic rings. The van der Waals surface area contributed by atoms with E-state index in [2.05, 4.69) is 5.29 Å². The Bertz CT molecular complexity index is 183. The van der Waals surface area contributed by atoms with Crippen molar-refractivity contribution >= 4 is 5.97 Å². The van der Waals surface area contributed by atoms with Crippen molar-refractivity contribution in [3.8, 4) is 0 Å². The molecule has 0 aromatic rings. The molecule has 1 rings (SSSR count). The number of rotatable bonds is 2. The van der Waals surface area contributed by atoms with Gasteiger partial charge in [0.2, 0.25) is 0 Å². The van der Waals surface area contributed by atoms with Gasteiger partial charge in [-0.3, -0.25) is 0 Å². The molecule has 0 aromatic heterocycles. The highest BCUT2D eigenvalue weighted by Gasteiger charge is 2.36. The standard InChI is InChI=1S/C5H8N2O4/c8-3-1-4(5(9)10)7(2-3)6-11/h3-4,8H,1-2H2,(H,9,10)/t3-,4+/m1/s1. The molecule has 1 fully saturated rings. The van der Waals surface area contributed by atoms with Crippen molar-refractivity contribution in [3.05, 3.63) is 4.91 Å². The lowest BCUT2D eigenvalue weighted by molar-refractivity contribution is -0.142. The fourth-order valence-electron chi connectivity index (χ4n) is 1.12. The van der Waals surface area contributed by atoms with Gasteiger partial charge in [-0.15, -0.1) is 4.91 Å². The van der Waals surface area contributed by atoms with Gasteiger partial charge >= 0.3 is 5.97 Å². The molecule has 0 bridgehead atoms. The number of hydrogen-bond donors (Lipinski definition) is 2. The first-order valence-corrected chi connectivity index (χ1v) is 3.16. The van der Waals surface area contributed by atoms with Crippen molar-refractivity contribution in [1.29, 1.82) is 0 Å². The van der Waals surface area contributed by atoms with Gasteiger partial charge in [-0.2, -0.15) is 0 Å². The van der Waals surface area contributed by atoms with Crippen LogP contribution in [0.2, 0.25) is 0 Å². The fraction of sp³-hybridized carbons (Fsp3) is 0.800. The molecule has 0 saturated carbocycles. The van der Waals surface area contributed by atoms with E-state index >= 15 is 0 Å². The molecule has 0 radical (unpaired) electrons. The number of carbonyl (C=O) groups is 1. The second-order valence-corrected chi connectivity index (χ2v) is 2.45. The zero-order chi connectivity index (χ0) is 8.43. The predicted molar refractivity (Wildman–Crippen MR) is 34.5 cm³/mol. The quantitative estimate of drug-likeness (QED) is 0.515. The zero-order valence-corrected chi connectivity index (χ0v) is 5.67. The van der Waals surface area contributed by atoms with Gasteiger partial charge < -0.3 is 10.2 Å². The molecule has 6 nitrogen and oxygen atoms in total. The number of carboxylic acids is 1. The summed E-state index contributed by atoms with van der Waals surface area (Å²) < 4.78 is 0. The summed E-state index contributed by atoms with van der Waals surface area (Å²) in [5.41, 5.74) is 0. The van der Waals surface area contributed by atoms with E-state index in [9.17, 15) is 9.70 Å². The SMILES string of the molecule is O=NN1C[C@H](O)C[C@H]1C(=O)O. The third kappa shape index (κ3) is 1.45. The number of aliphatic hydroxyl groups excluding tert-OH is 1. The van der Waals surface area contributed by atoms with Crippen molar-refractivity contribution in [1.82, 2.24) is 5.01 Å². The molecule has 62 valence electrons. The van der Waals surface area contributed by atoms with E-state index in [0.717, 1.165) is 5.01 Å². The van der Waals surface area contributed by atoms with Crippen molar-refractivity contribution in [2.45, 2.75) is 18.6 Å². The van der Waals surface area contributed by atoms with Gasteiger partial charge in [0.25, 0.3) is 0 Å². The van der Waals surface area contributed by atoms with Gasteiger partial charge in [-0.25, -0.2) is 9.80 Å². The summed E-state index contributed by atoms with van der Waals surface area (Å²) in [6.07, 6.45) is -0.685. The minimum absolute atomic E-state index is 0.0144. The first-order chi connectivity index (χ1) is 5.15. The Balaban J connectivity index is 2.64. The number of aliphatic hydroxyl groups is 1. The molecule has 1 aliphatic heterocycles. The highest BCUT2D eigenvalue weighted by Crippen LogP contribution is 2.17. The van der Waals surface area contributed by atoms with Crippen LogP contribution in [0, 0.1) is 4.91 Å². The Kier molecular flexibility index (Phi) is 2.04. The molecular weight excluding hydrogens is 152 g/mol. The normalized spacial score (nSPS) is 30.5. The molecule has 1 heterocycles. The number of aliphatic carboxylic acids is 1. The minimum Gasteiger partial charge on any atom is -0.480 e. The van der Waals surface area contributed by atoms with E-state index in [1.807, 2.05) is 0 Å². The molecule has 6 heteroatoms. The van der Waals surface area contributed by atoms with Crippen LogP contribution in [0.25, 0.3) is 0 Å². The Labute approximate surface area is 62.4 Å². The predicted octanol–water partition coefficient (Wildman–Crippen LogP) is -0.812. The van der Waals surface area contributed by atoms with Gasteiger partial charge in [0, 0.05) is 6.42 Å². The van der Waals surface area contributed by atoms with E-state index in [0.29, 0.717) is 0 Å². The maximum Gasteiger partial charge on any atom is 0.328 e. The highest BCUT2D eigenvalue weighted by atomic mass is 16.4. The minimum atomic E-state index is -1.12. The summed E-state index contributed by atoms with van der Waals surface area (Å²) in [7, 11) is 0. The Hall–Kier alpha value is -1.17. The van der Waals surface area contributed by atoms with Crippen molar-refractivity contribution < 1.29 is 15.0 Å². The molecule has 1 saturated heterocycles. The van der Waals surface area contributed by atoms with Gasteiger partial charge in [0.1, 0.15) is 6.04 Å². The van der Waals surface area contributed by atoms with Crippen LogP contribution in [0.1, 0.15) is 6.42 Å². The molecule has 11 heavy (non-hydrogen) atoms. The Morgan fingerprint density at radius 3 is 2.64 bits per heavy atom. The first-order valence-electron chi connectivity index (χ1n) is 3.16. The van der Waals surface area contributed by atoms with Crippen LogP contribution >= 0.6 is 0 Å². The van der Waals surface area contributed by atoms with Gasteiger partial charge in [0.15, 0.2) is 0 Å². The molecule has 0 amide bonds. The van der Waals surface area contributed by atoms with Crippen LogP contribution < -0.4 is 0 Å². The lowest BCUT2D eigenvalue weighted by Crippen LogP contribution is -2.31. The number of hydrogen-bond acceptors (Lipinski definition) is 4. The molecule has 2 atom stereocenters. The zero-order valence-electron chi connectivity index (χ0n) is 5.67. The summed E-state index contributed by atoms with van der Waals surface area (Å²) in [5.74, 6) is -1.12. The van der Waals surface area contributed by atoms with E-state index in [-0.39, 0.29) is 13.0 Å². The van der Waals surface area contributed by atoms with Crippen LogP contribution in [0.15, 0.2) is 5.29 Å². The first kappa shape index (κ1) is 7.93. The number of nitroso groups, excluding NO2 is 1. The maximum absolute atomic E-state index is 10.4. The number of β-amino-alcohol motifs (C(OH)–C–C–N with tert-alkyl or cyclic N) is 1. The molecule has 0 aliphatic carbocycles. The molecular formula is C5H8N2O4. The van der Waals surface area contributed by atoms with Crippen LogP contribution in [-0.4, -0.2) is 39.9 Å². The topological polar surface area (TPSA) is 90.2 Å². The fourth-order valence-corrected chi connectivity index (χ4v) is 1.12. The largest absolute Gasteiger partial charge is 0.480 e. The van der Waals surface area contributed by atoms with Gasteiger partial charge in [-0.05, 0) is 0 Å². The summed E-state index contributed by atoms with van der Waals surface area (Å²) >= 11 is 0. The Morgan fingerprint density at radius 1 is 1.64 bits per heavy atom. The lowest BCUT2D eigenvalue weighted by atomic mass is 10.2. The van der Waals surface area contributed by atoms with Gasteiger partial charge in [0.05, 0.1) is 17.9 Å². The maximum atomic E-state index is 10.4.